The molecular weight excluding hydrogens is 242 g/mol. The molecule has 4 aliphatic heterocycles. The van der Waals surface area contributed by atoms with E-state index in [0.29, 0.717) is 12.6 Å². The molecule has 5 nitrogen and oxygen atoms in total. The van der Waals surface area contributed by atoms with Crippen molar-refractivity contribution in [3.05, 3.63) is 0 Å². The van der Waals surface area contributed by atoms with Gasteiger partial charge in [-0.3, -0.25) is 4.90 Å². The van der Waals surface area contributed by atoms with E-state index in [0.717, 1.165) is 19.0 Å². The Hall–Kier alpha value is -0.810. The summed E-state index contributed by atoms with van der Waals surface area (Å²) in [7, 11) is 0. The highest BCUT2D eigenvalue weighted by Crippen LogP contribution is 2.48. The van der Waals surface area contributed by atoms with Gasteiger partial charge in [-0.25, -0.2) is 0 Å². The van der Waals surface area contributed by atoms with Crippen LogP contribution in [0.15, 0.2) is 5.16 Å². The van der Waals surface area contributed by atoms with Crippen LogP contribution < -0.4 is 5.32 Å². The SMILES string of the molecule is C1CCN(C[C@@H]2CON=C(C34CNC(C3)C4)O2)CC1. The van der Waals surface area contributed by atoms with E-state index in [1.165, 1.54) is 45.2 Å². The van der Waals surface area contributed by atoms with Crippen molar-refractivity contribution >= 4 is 5.90 Å². The van der Waals surface area contributed by atoms with Gasteiger partial charge in [-0.15, -0.1) is 0 Å². The molecule has 5 aliphatic rings. The molecular formula is C14H23N3O2. The average Bonchev–Trinajstić information content (AvgIpc) is 3.01. The standard InChI is InChI=1S/C14H23N3O2/c1-2-4-17(5-3-1)8-12-9-18-16-13(19-12)14-6-11(7-14)15-10-14/h11-12,15H,1-10H2/t11?,12-,14?/m1/s1. The molecule has 0 spiro atoms. The molecule has 1 atom stereocenters. The van der Waals surface area contributed by atoms with Gasteiger partial charge in [0.1, 0.15) is 6.10 Å². The number of hydrogen-bond acceptors (Lipinski definition) is 5. The molecule has 2 bridgehead atoms. The molecule has 106 valence electrons. The molecule has 0 aromatic carbocycles. The van der Waals surface area contributed by atoms with Gasteiger partial charge in [-0.2, -0.15) is 0 Å². The van der Waals surface area contributed by atoms with Crippen molar-refractivity contribution in [2.45, 2.75) is 44.2 Å². The minimum atomic E-state index is 0.158. The lowest BCUT2D eigenvalue weighted by atomic mass is 9.70. The molecule has 1 N–H and O–H groups in total. The molecule has 1 aliphatic carbocycles. The van der Waals surface area contributed by atoms with Gasteiger partial charge in [0, 0.05) is 19.1 Å². The van der Waals surface area contributed by atoms with E-state index in [9.17, 15) is 0 Å². The van der Waals surface area contributed by atoms with E-state index in [4.69, 9.17) is 9.57 Å². The van der Waals surface area contributed by atoms with Crippen LogP contribution in [-0.2, 0) is 9.57 Å². The van der Waals surface area contributed by atoms with Gasteiger partial charge in [0.25, 0.3) is 0 Å². The molecule has 0 aromatic heterocycles. The van der Waals surface area contributed by atoms with Gasteiger partial charge in [-0.1, -0.05) is 11.6 Å². The lowest BCUT2D eigenvalue weighted by molar-refractivity contribution is -0.0245. The van der Waals surface area contributed by atoms with Crippen LogP contribution in [0.1, 0.15) is 32.1 Å². The second-order valence-corrected chi connectivity index (χ2v) is 6.56. The van der Waals surface area contributed by atoms with E-state index >= 15 is 0 Å². The van der Waals surface area contributed by atoms with Gasteiger partial charge in [0.2, 0.25) is 5.90 Å². The van der Waals surface area contributed by atoms with Crippen molar-refractivity contribution in [3.8, 4) is 0 Å². The Bertz CT molecular complexity index is 367. The van der Waals surface area contributed by atoms with Crippen LogP contribution in [0.4, 0.5) is 0 Å². The van der Waals surface area contributed by atoms with Gasteiger partial charge in [0.05, 0.1) is 5.41 Å². The fraction of sp³-hybridized carbons (Fsp3) is 0.929. The molecule has 4 heterocycles. The lowest BCUT2D eigenvalue weighted by Crippen LogP contribution is -2.48. The van der Waals surface area contributed by atoms with Crippen molar-refractivity contribution < 1.29 is 9.57 Å². The van der Waals surface area contributed by atoms with Crippen molar-refractivity contribution in [3.63, 3.8) is 0 Å². The first-order chi connectivity index (χ1) is 9.34. The maximum atomic E-state index is 6.16. The van der Waals surface area contributed by atoms with Gasteiger partial charge in [-0.05, 0) is 38.8 Å². The Labute approximate surface area is 114 Å². The second-order valence-electron chi connectivity index (χ2n) is 6.56. The van der Waals surface area contributed by atoms with E-state index < -0.39 is 0 Å². The molecule has 5 rings (SSSR count). The summed E-state index contributed by atoms with van der Waals surface area (Å²) in [5.41, 5.74) is 0.158. The fourth-order valence-electron chi connectivity index (χ4n) is 3.90. The topological polar surface area (TPSA) is 46.1 Å². The zero-order chi connectivity index (χ0) is 12.7. The Morgan fingerprint density at radius 2 is 2.11 bits per heavy atom. The van der Waals surface area contributed by atoms with E-state index in [1.807, 2.05) is 0 Å². The minimum Gasteiger partial charge on any atom is -0.470 e. The minimum absolute atomic E-state index is 0.158. The monoisotopic (exact) mass is 265 g/mol. The van der Waals surface area contributed by atoms with Crippen molar-refractivity contribution in [1.82, 2.24) is 10.2 Å². The summed E-state index contributed by atoms with van der Waals surface area (Å²) in [6.45, 7) is 5.03. The van der Waals surface area contributed by atoms with Gasteiger partial charge in [0.15, 0.2) is 6.61 Å². The summed E-state index contributed by atoms with van der Waals surface area (Å²) in [6, 6.07) is 0.689. The average molecular weight is 265 g/mol. The third kappa shape index (κ3) is 2.13. The molecule has 5 heteroatoms. The van der Waals surface area contributed by atoms with Crippen molar-refractivity contribution in [1.29, 1.82) is 0 Å². The number of fused-ring (bicyclic) bond motifs is 1. The smallest absolute Gasteiger partial charge is 0.233 e. The normalized spacial score (nSPS) is 42.0. The number of oxime groups is 1. The summed E-state index contributed by atoms with van der Waals surface area (Å²) in [5, 5.41) is 7.70. The predicted molar refractivity (Wildman–Crippen MR) is 72.0 cm³/mol. The summed E-state index contributed by atoms with van der Waals surface area (Å²) in [6.07, 6.45) is 6.53. The lowest BCUT2D eigenvalue weighted by Gasteiger charge is -2.40. The Morgan fingerprint density at radius 3 is 2.84 bits per heavy atom. The first-order valence-electron chi connectivity index (χ1n) is 7.67. The zero-order valence-corrected chi connectivity index (χ0v) is 11.4. The quantitative estimate of drug-likeness (QED) is 0.825. The van der Waals surface area contributed by atoms with Crippen LogP contribution >= 0.6 is 0 Å². The molecule has 19 heavy (non-hydrogen) atoms. The third-order valence-corrected chi connectivity index (χ3v) is 5.05. The fourth-order valence-corrected chi connectivity index (χ4v) is 3.90. The summed E-state index contributed by atoms with van der Waals surface area (Å²) in [4.78, 5) is 7.96. The van der Waals surface area contributed by atoms with E-state index in [-0.39, 0.29) is 11.5 Å². The molecule has 3 saturated heterocycles. The third-order valence-electron chi connectivity index (χ3n) is 5.05. The van der Waals surface area contributed by atoms with Crippen LogP contribution in [0.3, 0.4) is 0 Å². The number of rotatable bonds is 3. The number of ether oxygens (including phenoxy) is 1. The van der Waals surface area contributed by atoms with Crippen molar-refractivity contribution in [2.24, 2.45) is 10.6 Å². The van der Waals surface area contributed by atoms with E-state index in [2.05, 4.69) is 15.4 Å². The summed E-state index contributed by atoms with van der Waals surface area (Å²) in [5.74, 6) is 0.863. The first kappa shape index (κ1) is 12.0. The van der Waals surface area contributed by atoms with Crippen LogP contribution in [-0.4, -0.2) is 55.7 Å². The van der Waals surface area contributed by atoms with Crippen LogP contribution in [0.5, 0.6) is 0 Å². The molecule has 0 unspecified atom stereocenters. The Morgan fingerprint density at radius 1 is 1.26 bits per heavy atom. The molecule has 1 saturated carbocycles. The zero-order valence-electron chi connectivity index (χ0n) is 11.4. The van der Waals surface area contributed by atoms with Crippen LogP contribution in [0, 0.1) is 5.41 Å². The maximum Gasteiger partial charge on any atom is 0.233 e. The highest BCUT2D eigenvalue weighted by atomic mass is 16.7. The maximum absolute atomic E-state index is 6.16. The second kappa shape index (κ2) is 4.63. The summed E-state index contributed by atoms with van der Waals surface area (Å²) >= 11 is 0. The van der Waals surface area contributed by atoms with Gasteiger partial charge < -0.3 is 14.9 Å². The molecule has 4 fully saturated rings. The number of likely N-dealkylation sites (tertiary alicyclic amines) is 1. The molecule has 0 amide bonds. The largest absolute Gasteiger partial charge is 0.470 e. The first-order valence-corrected chi connectivity index (χ1v) is 7.67. The number of hydrogen-bond donors (Lipinski definition) is 1. The number of piperidine rings is 1. The molecule has 0 aromatic rings. The van der Waals surface area contributed by atoms with E-state index in [1.54, 1.807) is 0 Å². The van der Waals surface area contributed by atoms with Crippen LogP contribution in [0.25, 0.3) is 0 Å². The van der Waals surface area contributed by atoms with Crippen molar-refractivity contribution in [2.75, 3.05) is 32.8 Å². The highest BCUT2D eigenvalue weighted by molar-refractivity contribution is 5.85. The predicted octanol–water partition coefficient (Wildman–Crippen LogP) is 0.953. The number of nitrogens with one attached hydrogen (secondary N) is 1. The van der Waals surface area contributed by atoms with Gasteiger partial charge >= 0.3 is 0 Å². The number of nitrogens with zero attached hydrogens (tertiary/aromatic N) is 2. The highest BCUT2D eigenvalue weighted by Gasteiger charge is 2.56. The van der Waals surface area contributed by atoms with Crippen LogP contribution in [0.2, 0.25) is 0 Å². The Balaban J connectivity index is 1.36. The summed E-state index contributed by atoms with van der Waals surface area (Å²) < 4.78 is 6.16. The molecule has 0 radical (unpaired) electrons. The Kier molecular flexibility index (Phi) is 2.92.